The number of hydrogen-bond donors (Lipinski definition) is 1. The van der Waals surface area contributed by atoms with E-state index < -0.39 is 5.97 Å². The average molecular weight is 427 g/mol. The smallest absolute Gasteiger partial charge is 0.335 e. The molecular weight excluding hydrogens is 400 g/mol. The summed E-state index contributed by atoms with van der Waals surface area (Å²) in [6, 6.07) is 17.4. The normalized spacial score (nSPS) is 30.5. The van der Waals surface area contributed by atoms with E-state index in [4.69, 9.17) is 4.74 Å². The molecule has 2 aliphatic heterocycles. The molecule has 1 N–H and O–H groups in total. The first-order chi connectivity index (χ1) is 15.4. The number of carbonyl (C=O) groups is 2. The van der Waals surface area contributed by atoms with Crippen LogP contribution in [-0.2, 0) is 10.3 Å². The lowest BCUT2D eigenvalue weighted by atomic mass is 9.56. The molecule has 0 spiro atoms. The Labute approximate surface area is 187 Å². The van der Waals surface area contributed by atoms with E-state index in [1.54, 1.807) is 12.1 Å². The van der Waals surface area contributed by atoms with Crippen molar-refractivity contribution in [1.29, 1.82) is 0 Å². The molecule has 0 aromatic heterocycles. The first-order valence-corrected chi connectivity index (χ1v) is 11.4. The van der Waals surface area contributed by atoms with E-state index in [1.165, 1.54) is 6.42 Å². The van der Waals surface area contributed by atoms with E-state index in [-0.39, 0.29) is 16.8 Å². The Balaban J connectivity index is 1.44. The largest absolute Gasteiger partial charge is 0.478 e. The highest BCUT2D eigenvalue weighted by molar-refractivity contribution is 5.95. The van der Waals surface area contributed by atoms with Gasteiger partial charge in [0.1, 0.15) is 6.29 Å². The number of ether oxygens (including phenoxy) is 1. The van der Waals surface area contributed by atoms with Gasteiger partial charge < -0.3 is 9.84 Å². The van der Waals surface area contributed by atoms with E-state index in [0.717, 1.165) is 65.0 Å². The third-order valence-electron chi connectivity index (χ3n) is 7.88. The summed E-state index contributed by atoms with van der Waals surface area (Å²) < 4.78 is 6.81. The molecule has 7 rings (SSSR count). The fraction of sp³-hybridized carbons (Fsp3) is 0.357. The molecule has 162 valence electrons. The van der Waals surface area contributed by atoms with E-state index in [2.05, 4.69) is 19.1 Å². The van der Waals surface area contributed by atoms with Crippen molar-refractivity contribution in [1.82, 2.24) is 0 Å². The first-order valence-electron chi connectivity index (χ1n) is 11.4. The zero-order valence-corrected chi connectivity index (χ0v) is 18.1. The van der Waals surface area contributed by atoms with Gasteiger partial charge in [0.15, 0.2) is 0 Å². The molecular formula is C28H26O4. The molecule has 4 nitrogen and oxygen atoms in total. The predicted octanol–water partition coefficient (Wildman–Crippen LogP) is 6.21. The van der Waals surface area contributed by atoms with Crippen LogP contribution in [0.25, 0.3) is 21.9 Å². The fourth-order valence-electron chi connectivity index (χ4n) is 6.97. The van der Waals surface area contributed by atoms with Crippen LogP contribution in [0.5, 0.6) is 0 Å². The summed E-state index contributed by atoms with van der Waals surface area (Å²) in [5.74, 6) is 0.427. The number of carboxylic acids is 1. The van der Waals surface area contributed by atoms with Crippen molar-refractivity contribution in [2.24, 2.45) is 11.8 Å². The Bertz CT molecular complexity index is 1260. The summed E-state index contributed by atoms with van der Waals surface area (Å²) in [7, 11) is 0. The maximum Gasteiger partial charge on any atom is 0.335 e. The van der Waals surface area contributed by atoms with Crippen molar-refractivity contribution in [3.05, 3.63) is 71.3 Å². The number of carboxylic acid groups (broad SMARTS) is 1. The minimum Gasteiger partial charge on any atom is -0.478 e. The Morgan fingerprint density at radius 3 is 2.28 bits per heavy atom. The number of carbonyl (C=O) groups excluding carboxylic acids is 1. The van der Waals surface area contributed by atoms with Gasteiger partial charge in [0, 0.05) is 5.56 Å². The van der Waals surface area contributed by atoms with Crippen LogP contribution >= 0.6 is 0 Å². The van der Waals surface area contributed by atoms with Gasteiger partial charge in [0.25, 0.3) is 0 Å². The average Bonchev–Trinajstić information content (AvgIpc) is 2.76. The van der Waals surface area contributed by atoms with Gasteiger partial charge in [0.2, 0.25) is 0 Å². The molecule has 4 bridgehead atoms. The van der Waals surface area contributed by atoms with Crippen molar-refractivity contribution in [2.45, 2.75) is 50.2 Å². The first kappa shape index (κ1) is 19.7. The quantitative estimate of drug-likeness (QED) is 0.504. The maximum absolute atomic E-state index is 12.0. The fourth-order valence-corrected chi connectivity index (χ4v) is 6.97. The molecule has 4 heteroatoms. The van der Waals surface area contributed by atoms with Crippen LogP contribution in [0.2, 0.25) is 0 Å². The van der Waals surface area contributed by atoms with E-state index >= 15 is 0 Å². The second kappa shape index (κ2) is 6.76. The monoisotopic (exact) mass is 426 g/mol. The third-order valence-corrected chi connectivity index (χ3v) is 7.88. The predicted molar refractivity (Wildman–Crippen MR) is 123 cm³/mol. The van der Waals surface area contributed by atoms with Crippen molar-refractivity contribution >= 4 is 23.0 Å². The number of hydrogen-bond acceptors (Lipinski definition) is 3. The highest BCUT2D eigenvalue weighted by atomic mass is 16.5. The molecule has 4 fully saturated rings. The van der Waals surface area contributed by atoms with Crippen LogP contribution in [-0.4, -0.2) is 23.0 Å². The van der Waals surface area contributed by atoms with E-state index in [9.17, 15) is 14.7 Å². The second-order valence-corrected chi connectivity index (χ2v) is 10.3. The van der Waals surface area contributed by atoms with Gasteiger partial charge in [-0.15, -0.1) is 0 Å². The molecule has 4 aliphatic rings. The minimum atomic E-state index is -0.922. The van der Waals surface area contributed by atoms with Gasteiger partial charge in [0.05, 0.1) is 16.8 Å². The number of rotatable bonds is 4. The lowest BCUT2D eigenvalue weighted by Gasteiger charge is -2.61. The summed E-state index contributed by atoms with van der Waals surface area (Å²) in [6.07, 6.45) is 6.52. The van der Waals surface area contributed by atoms with Crippen LogP contribution in [0.4, 0.5) is 0 Å². The molecule has 32 heavy (non-hydrogen) atoms. The standard InChI is InChI=1S/C28H26O4/c1-27-12-17-8-18(13-27)15-28(14-17,32-27)25-11-22(5-7-24(25)16-29)20-2-3-21-10-23(26(30)31)6-4-19(21)9-20/h2-7,9-11,16-18H,8,12-15H2,1H3,(H,30,31). The zero-order valence-electron chi connectivity index (χ0n) is 18.1. The second-order valence-electron chi connectivity index (χ2n) is 10.3. The van der Waals surface area contributed by atoms with Gasteiger partial charge in [-0.25, -0.2) is 4.79 Å². The summed E-state index contributed by atoms with van der Waals surface area (Å²) in [5.41, 5.74) is 3.71. The van der Waals surface area contributed by atoms with Gasteiger partial charge in [-0.05, 0) is 103 Å². The zero-order chi connectivity index (χ0) is 22.1. The lowest BCUT2D eigenvalue weighted by molar-refractivity contribution is -0.273. The molecule has 0 radical (unpaired) electrons. The summed E-state index contributed by atoms with van der Waals surface area (Å²) in [6.45, 7) is 2.25. The summed E-state index contributed by atoms with van der Waals surface area (Å²) in [5, 5.41) is 11.1. The Hall–Kier alpha value is -2.98. The van der Waals surface area contributed by atoms with Gasteiger partial charge in [-0.1, -0.05) is 30.3 Å². The van der Waals surface area contributed by atoms with Crippen molar-refractivity contribution in [3.63, 3.8) is 0 Å². The highest BCUT2D eigenvalue weighted by Crippen LogP contribution is 2.61. The van der Waals surface area contributed by atoms with Crippen LogP contribution in [0.15, 0.2) is 54.6 Å². The SMILES string of the molecule is CC12CC3CC(C1)CC(c1cc(-c4ccc5cc(C(=O)O)ccc5c4)ccc1C=O)(C3)O2. The van der Waals surface area contributed by atoms with Crippen molar-refractivity contribution < 1.29 is 19.4 Å². The van der Waals surface area contributed by atoms with E-state index in [1.807, 2.05) is 30.3 Å². The van der Waals surface area contributed by atoms with Crippen LogP contribution in [0, 0.1) is 11.8 Å². The van der Waals surface area contributed by atoms with Crippen molar-refractivity contribution in [2.75, 3.05) is 0 Å². The molecule has 2 saturated carbocycles. The Morgan fingerprint density at radius 2 is 1.59 bits per heavy atom. The van der Waals surface area contributed by atoms with Gasteiger partial charge in [-0.3, -0.25) is 4.79 Å². The highest BCUT2D eigenvalue weighted by Gasteiger charge is 2.58. The van der Waals surface area contributed by atoms with Gasteiger partial charge in [-0.2, -0.15) is 0 Å². The third kappa shape index (κ3) is 3.01. The maximum atomic E-state index is 12.0. The summed E-state index contributed by atoms with van der Waals surface area (Å²) in [4.78, 5) is 23.3. The van der Waals surface area contributed by atoms with Crippen LogP contribution in [0.3, 0.4) is 0 Å². The van der Waals surface area contributed by atoms with Gasteiger partial charge >= 0.3 is 5.97 Å². The summed E-state index contributed by atoms with van der Waals surface area (Å²) >= 11 is 0. The van der Waals surface area contributed by atoms with Crippen LogP contribution < -0.4 is 0 Å². The molecule has 3 aromatic rings. The number of benzene rings is 3. The minimum absolute atomic E-state index is 0.0783. The molecule has 2 atom stereocenters. The Kier molecular flexibility index (Phi) is 4.16. The molecule has 3 aromatic carbocycles. The number of aldehydes is 1. The molecule has 2 heterocycles. The molecule has 2 saturated heterocycles. The molecule has 2 aliphatic carbocycles. The van der Waals surface area contributed by atoms with Crippen molar-refractivity contribution in [3.8, 4) is 11.1 Å². The van der Waals surface area contributed by atoms with Crippen LogP contribution in [0.1, 0.15) is 65.3 Å². The molecule has 2 unspecified atom stereocenters. The molecule has 0 amide bonds. The number of fused-ring (bicyclic) bond motifs is 1. The number of aromatic carboxylic acids is 1. The Morgan fingerprint density at radius 1 is 0.938 bits per heavy atom. The topological polar surface area (TPSA) is 63.6 Å². The lowest BCUT2D eigenvalue weighted by Crippen LogP contribution is -2.58. The van der Waals surface area contributed by atoms with E-state index in [0.29, 0.717) is 11.8 Å².